The Morgan fingerprint density at radius 2 is 1.72 bits per heavy atom. The van der Waals surface area contributed by atoms with Crippen molar-refractivity contribution in [2.45, 2.75) is 6.10 Å². The summed E-state index contributed by atoms with van der Waals surface area (Å²) in [6.45, 7) is 0.419. The smallest absolute Gasteiger partial charge is 0.0962 e. The van der Waals surface area contributed by atoms with Crippen molar-refractivity contribution in [1.82, 2.24) is 0 Å². The fourth-order valence-corrected chi connectivity index (χ4v) is 1.91. The van der Waals surface area contributed by atoms with Crippen LogP contribution in [0.5, 0.6) is 0 Å². The molecule has 0 aliphatic heterocycles. The van der Waals surface area contributed by atoms with Crippen LogP contribution in [-0.2, 0) is 0 Å². The molecular formula is C14H13Cl2NO. The number of aliphatic hydroxyl groups is 1. The molecule has 2 aromatic rings. The molecule has 94 valence electrons. The topological polar surface area (TPSA) is 32.3 Å². The lowest BCUT2D eigenvalue weighted by molar-refractivity contribution is 0.191. The lowest BCUT2D eigenvalue weighted by Crippen LogP contribution is -2.11. The molecule has 0 radical (unpaired) electrons. The molecule has 0 amide bonds. The lowest BCUT2D eigenvalue weighted by Gasteiger charge is -2.13. The SMILES string of the molecule is OC(CNc1ccc(Cl)c(Cl)c1)c1ccccc1. The Morgan fingerprint density at radius 3 is 2.39 bits per heavy atom. The van der Waals surface area contributed by atoms with Crippen LogP contribution in [0.3, 0.4) is 0 Å². The van der Waals surface area contributed by atoms with Gasteiger partial charge in [-0.1, -0.05) is 53.5 Å². The first-order valence-electron chi connectivity index (χ1n) is 5.59. The van der Waals surface area contributed by atoms with Gasteiger partial charge in [0.15, 0.2) is 0 Å². The lowest BCUT2D eigenvalue weighted by atomic mass is 10.1. The summed E-state index contributed by atoms with van der Waals surface area (Å²) in [5.41, 5.74) is 1.71. The highest BCUT2D eigenvalue weighted by Crippen LogP contribution is 2.25. The zero-order valence-corrected chi connectivity index (χ0v) is 11.1. The minimum absolute atomic E-state index is 0.419. The minimum Gasteiger partial charge on any atom is -0.387 e. The van der Waals surface area contributed by atoms with Gasteiger partial charge in [-0.2, -0.15) is 0 Å². The monoisotopic (exact) mass is 281 g/mol. The predicted octanol–water partition coefficient (Wildman–Crippen LogP) is 4.14. The largest absolute Gasteiger partial charge is 0.387 e. The van der Waals surface area contributed by atoms with Crippen molar-refractivity contribution in [2.24, 2.45) is 0 Å². The number of nitrogens with one attached hydrogen (secondary N) is 1. The molecule has 2 nitrogen and oxygen atoms in total. The number of rotatable bonds is 4. The van der Waals surface area contributed by atoms with Crippen molar-refractivity contribution < 1.29 is 5.11 Å². The maximum Gasteiger partial charge on any atom is 0.0962 e. The molecule has 0 aliphatic rings. The minimum atomic E-state index is -0.555. The van der Waals surface area contributed by atoms with E-state index in [-0.39, 0.29) is 0 Å². The number of hydrogen-bond donors (Lipinski definition) is 2. The zero-order valence-electron chi connectivity index (χ0n) is 9.61. The van der Waals surface area contributed by atoms with Crippen LogP contribution < -0.4 is 5.32 Å². The van der Waals surface area contributed by atoms with Crippen LogP contribution in [0, 0.1) is 0 Å². The summed E-state index contributed by atoms with van der Waals surface area (Å²) >= 11 is 11.7. The third kappa shape index (κ3) is 3.39. The molecule has 1 unspecified atom stereocenters. The Labute approximate surface area is 116 Å². The van der Waals surface area contributed by atoms with E-state index < -0.39 is 6.10 Å². The van der Waals surface area contributed by atoms with Gasteiger partial charge in [0.1, 0.15) is 0 Å². The van der Waals surface area contributed by atoms with Gasteiger partial charge in [-0.05, 0) is 23.8 Å². The van der Waals surface area contributed by atoms with Gasteiger partial charge in [0.05, 0.1) is 16.1 Å². The second-order valence-electron chi connectivity index (χ2n) is 3.94. The van der Waals surface area contributed by atoms with Crippen LogP contribution in [0.25, 0.3) is 0 Å². The summed E-state index contributed by atoms with van der Waals surface area (Å²) < 4.78 is 0. The van der Waals surface area contributed by atoms with E-state index in [0.717, 1.165) is 11.3 Å². The molecule has 0 saturated carbocycles. The first-order chi connectivity index (χ1) is 8.66. The second kappa shape index (κ2) is 6.10. The van der Waals surface area contributed by atoms with E-state index >= 15 is 0 Å². The van der Waals surface area contributed by atoms with Crippen LogP contribution >= 0.6 is 23.2 Å². The van der Waals surface area contributed by atoms with E-state index in [2.05, 4.69) is 5.32 Å². The molecule has 2 rings (SSSR count). The van der Waals surface area contributed by atoms with E-state index in [0.29, 0.717) is 16.6 Å². The predicted molar refractivity (Wildman–Crippen MR) is 76.4 cm³/mol. The summed E-state index contributed by atoms with van der Waals surface area (Å²) in [4.78, 5) is 0. The number of hydrogen-bond acceptors (Lipinski definition) is 2. The summed E-state index contributed by atoms with van der Waals surface area (Å²) in [5.74, 6) is 0. The first-order valence-corrected chi connectivity index (χ1v) is 6.34. The molecule has 0 aromatic heterocycles. The van der Waals surface area contributed by atoms with Crippen LogP contribution in [0.15, 0.2) is 48.5 Å². The highest BCUT2D eigenvalue weighted by molar-refractivity contribution is 6.42. The third-order valence-corrected chi connectivity index (χ3v) is 3.34. The molecule has 1 atom stereocenters. The maximum atomic E-state index is 9.98. The molecule has 18 heavy (non-hydrogen) atoms. The molecule has 0 fully saturated rings. The van der Waals surface area contributed by atoms with Crippen LogP contribution in [0.1, 0.15) is 11.7 Å². The third-order valence-electron chi connectivity index (χ3n) is 2.60. The molecule has 2 N–H and O–H groups in total. The Balaban J connectivity index is 1.97. The number of aliphatic hydroxyl groups excluding tert-OH is 1. The van der Waals surface area contributed by atoms with E-state index in [4.69, 9.17) is 23.2 Å². The van der Waals surface area contributed by atoms with Gasteiger partial charge in [0.2, 0.25) is 0 Å². The van der Waals surface area contributed by atoms with Crippen LogP contribution in [0.4, 0.5) is 5.69 Å². The number of anilines is 1. The standard InChI is InChI=1S/C14H13Cl2NO/c15-12-7-6-11(8-13(12)16)17-9-14(18)10-4-2-1-3-5-10/h1-8,14,17-18H,9H2. The van der Waals surface area contributed by atoms with Crippen molar-refractivity contribution in [2.75, 3.05) is 11.9 Å². The molecule has 0 heterocycles. The van der Waals surface area contributed by atoms with Crippen LogP contribution in [0.2, 0.25) is 10.0 Å². The Morgan fingerprint density at radius 1 is 1.00 bits per heavy atom. The normalized spacial score (nSPS) is 12.2. The van der Waals surface area contributed by atoms with Gasteiger partial charge >= 0.3 is 0 Å². The van der Waals surface area contributed by atoms with Gasteiger partial charge in [0.25, 0.3) is 0 Å². The maximum absolute atomic E-state index is 9.98. The molecule has 0 saturated heterocycles. The van der Waals surface area contributed by atoms with Gasteiger partial charge in [-0.15, -0.1) is 0 Å². The Bertz CT molecular complexity index is 516. The molecule has 0 aliphatic carbocycles. The van der Waals surface area contributed by atoms with Crippen molar-refractivity contribution in [1.29, 1.82) is 0 Å². The van der Waals surface area contributed by atoms with Crippen molar-refractivity contribution in [3.8, 4) is 0 Å². The average Bonchev–Trinajstić information content (AvgIpc) is 2.41. The van der Waals surface area contributed by atoms with E-state index in [1.807, 2.05) is 36.4 Å². The summed E-state index contributed by atoms with van der Waals surface area (Å²) in [6, 6.07) is 14.8. The molecule has 4 heteroatoms. The molecular weight excluding hydrogens is 269 g/mol. The second-order valence-corrected chi connectivity index (χ2v) is 4.75. The summed E-state index contributed by atoms with van der Waals surface area (Å²) in [7, 11) is 0. The van der Waals surface area contributed by atoms with E-state index in [1.165, 1.54) is 0 Å². The quantitative estimate of drug-likeness (QED) is 0.883. The highest BCUT2D eigenvalue weighted by atomic mass is 35.5. The van der Waals surface area contributed by atoms with Crippen molar-refractivity contribution in [3.05, 3.63) is 64.1 Å². The zero-order chi connectivity index (χ0) is 13.0. The van der Waals surface area contributed by atoms with Crippen molar-refractivity contribution in [3.63, 3.8) is 0 Å². The average molecular weight is 282 g/mol. The molecule has 2 aromatic carbocycles. The van der Waals surface area contributed by atoms with Gasteiger partial charge in [0, 0.05) is 12.2 Å². The van der Waals surface area contributed by atoms with Gasteiger partial charge < -0.3 is 10.4 Å². The summed E-state index contributed by atoms with van der Waals surface area (Å²) in [5, 5.41) is 14.1. The Kier molecular flexibility index (Phi) is 4.48. The fourth-order valence-electron chi connectivity index (χ4n) is 1.61. The molecule has 0 spiro atoms. The summed E-state index contributed by atoms with van der Waals surface area (Å²) in [6.07, 6.45) is -0.555. The number of halogens is 2. The van der Waals surface area contributed by atoms with E-state index in [1.54, 1.807) is 12.1 Å². The Hall–Kier alpha value is -1.22. The van der Waals surface area contributed by atoms with Crippen LogP contribution in [-0.4, -0.2) is 11.7 Å². The molecule has 0 bridgehead atoms. The van der Waals surface area contributed by atoms with Gasteiger partial charge in [-0.25, -0.2) is 0 Å². The van der Waals surface area contributed by atoms with E-state index in [9.17, 15) is 5.11 Å². The van der Waals surface area contributed by atoms with Gasteiger partial charge in [-0.3, -0.25) is 0 Å². The highest BCUT2D eigenvalue weighted by Gasteiger charge is 2.06. The fraction of sp³-hybridized carbons (Fsp3) is 0.143. The first kappa shape index (κ1) is 13.2. The number of benzene rings is 2. The van der Waals surface area contributed by atoms with Crippen molar-refractivity contribution >= 4 is 28.9 Å².